The number of nitrogens with one attached hydrogen (secondary N) is 1. The minimum atomic E-state index is -0.265. The van der Waals surface area contributed by atoms with Crippen LogP contribution in [0.1, 0.15) is 31.7 Å². The molecule has 0 atom stereocenters. The highest BCUT2D eigenvalue weighted by Gasteiger charge is 2.30. The molecular weight excluding hydrogens is 225 g/mol. The van der Waals surface area contributed by atoms with E-state index >= 15 is 0 Å². The minimum Gasteiger partial charge on any atom is -0.312 e. The fourth-order valence-corrected chi connectivity index (χ4v) is 2.42. The predicted octanol–water partition coefficient (Wildman–Crippen LogP) is 3.76. The maximum absolute atomic E-state index is 13.1. The third-order valence-corrected chi connectivity index (χ3v) is 3.58. The summed E-state index contributed by atoms with van der Waals surface area (Å²) in [7, 11) is 0. The number of benzene rings is 1. The van der Waals surface area contributed by atoms with Crippen LogP contribution in [0, 0.1) is 11.2 Å². The lowest BCUT2D eigenvalue weighted by atomic mass is 9.70. The summed E-state index contributed by atoms with van der Waals surface area (Å²) in [6, 6.07) is 4.67. The molecule has 0 amide bonds. The van der Waals surface area contributed by atoms with E-state index in [0.717, 1.165) is 12.1 Å². The molecule has 2 rings (SSSR count). The largest absolute Gasteiger partial charge is 0.312 e. The quantitative estimate of drug-likeness (QED) is 0.847. The van der Waals surface area contributed by atoms with Gasteiger partial charge in [-0.3, -0.25) is 0 Å². The molecule has 1 aliphatic rings. The van der Waals surface area contributed by atoms with E-state index in [-0.39, 0.29) is 5.82 Å². The molecule has 88 valence electrons. The van der Waals surface area contributed by atoms with Crippen molar-refractivity contribution in [3.05, 3.63) is 34.6 Å². The van der Waals surface area contributed by atoms with E-state index in [1.165, 1.54) is 31.4 Å². The first-order chi connectivity index (χ1) is 7.57. The molecule has 1 aliphatic carbocycles. The van der Waals surface area contributed by atoms with Gasteiger partial charge >= 0.3 is 0 Å². The zero-order chi connectivity index (χ0) is 11.6. The molecule has 1 aromatic carbocycles. The van der Waals surface area contributed by atoms with Crippen molar-refractivity contribution in [3.63, 3.8) is 0 Å². The Morgan fingerprint density at radius 1 is 1.38 bits per heavy atom. The molecular formula is C13H17ClFN. The molecule has 1 saturated carbocycles. The maximum atomic E-state index is 13.1. The van der Waals surface area contributed by atoms with Gasteiger partial charge < -0.3 is 5.32 Å². The molecule has 1 fully saturated rings. The van der Waals surface area contributed by atoms with Crippen LogP contribution in [0.2, 0.25) is 5.02 Å². The number of halogens is 2. The Morgan fingerprint density at radius 2 is 2.12 bits per heavy atom. The number of rotatable bonds is 4. The monoisotopic (exact) mass is 241 g/mol. The standard InChI is InChI=1S/C13H17ClFN/c1-13(3-2-4-13)9-16-8-10-5-11(14)7-12(15)6-10/h5-7,16H,2-4,8-9H2,1H3. The van der Waals surface area contributed by atoms with Gasteiger partial charge in [0.2, 0.25) is 0 Å². The van der Waals surface area contributed by atoms with Crippen LogP contribution in [0.25, 0.3) is 0 Å². The van der Waals surface area contributed by atoms with Crippen molar-refractivity contribution in [2.45, 2.75) is 32.7 Å². The fraction of sp³-hybridized carbons (Fsp3) is 0.538. The van der Waals surface area contributed by atoms with Gasteiger partial charge in [-0.05, 0) is 42.0 Å². The summed E-state index contributed by atoms with van der Waals surface area (Å²) in [6.45, 7) is 3.98. The summed E-state index contributed by atoms with van der Waals surface area (Å²) in [5.41, 5.74) is 1.37. The summed E-state index contributed by atoms with van der Waals surface area (Å²) in [5, 5.41) is 3.84. The lowest BCUT2D eigenvalue weighted by molar-refractivity contribution is 0.156. The summed E-state index contributed by atoms with van der Waals surface area (Å²) >= 11 is 5.79. The van der Waals surface area contributed by atoms with Gasteiger partial charge in [0.25, 0.3) is 0 Å². The van der Waals surface area contributed by atoms with E-state index in [1.54, 1.807) is 6.07 Å². The molecule has 0 aliphatic heterocycles. The van der Waals surface area contributed by atoms with Crippen molar-refractivity contribution in [3.8, 4) is 0 Å². The van der Waals surface area contributed by atoms with Crippen LogP contribution in [0.5, 0.6) is 0 Å². The van der Waals surface area contributed by atoms with Gasteiger partial charge in [-0.15, -0.1) is 0 Å². The average Bonchev–Trinajstić information content (AvgIpc) is 2.13. The number of hydrogen-bond acceptors (Lipinski definition) is 1. The van der Waals surface area contributed by atoms with Crippen LogP contribution >= 0.6 is 11.6 Å². The zero-order valence-electron chi connectivity index (χ0n) is 9.52. The van der Waals surface area contributed by atoms with E-state index in [9.17, 15) is 4.39 Å². The zero-order valence-corrected chi connectivity index (χ0v) is 10.3. The van der Waals surface area contributed by atoms with Crippen molar-refractivity contribution in [2.75, 3.05) is 6.54 Å². The Kier molecular flexibility index (Phi) is 3.50. The Morgan fingerprint density at radius 3 is 2.69 bits per heavy atom. The van der Waals surface area contributed by atoms with Gasteiger partial charge in [0.15, 0.2) is 0 Å². The molecule has 0 aromatic heterocycles. The molecule has 0 saturated heterocycles. The summed E-state index contributed by atoms with van der Waals surface area (Å²) in [4.78, 5) is 0. The first kappa shape index (κ1) is 11.9. The maximum Gasteiger partial charge on any atom is 0.125 e. The van der Waals surface area contributed by atoms with Crippen LogP contribution < -0.4 is 5.32 Å². The molecule has 0 spiro atoms. The average molecular weight is 242 g/mol. The van der Waals surface area contributed by atoms with Gasteiger partial charge in [0.05, 0.1) is 0 Å². The molecule has 1 nitrogen and oxygen atoms in total. The SMILES string of the molecule is CC1(CNCc2cc(F)cc(Cl)c2)CCC1. The topological polar surface area (TPSA) is 12.0 Å². The molecule has 3 heteroatoms. The summed E-state index contributed by atoms with van der Waals surface area (Å²) < 4.78 is 13.1. The van der Waals surface area contributed by atoms with E-state index in [2.05, 4.69) is 12.2 Å². The van der Waals surface area contributed by atoms with E-state index in [4.69, 9.17) is 11.6 Å². The Labute approximate surface area is 101 Å². The van der Waals surface area contributed by atoms with Gasteiger partial charge in [-0.25, -0.2) is 4.39 Å². The van der Waals surface area contributed by atoms with Crippen molar-refractivity contribution in [2.24, 2.45) is 5.41 Å². The molecule has 0 bridgehead atoms. The Balaban J connectivity index is 1.84. The second kappa shape index (κ2) is 4.72. The van der Waals surface area contributed by atoms with Gasteiger partial charge in [0, 0.05) is 18.1 Å². The first-order valence-corrected chi connectivity index (χ1v) is 6.11. The third kappa shape index (κ3) is 2.96. The number of hydrogen-bond donors (Lipinski definition) is 1. The van der Waals surface area contributed by atoms with Crippen molar-refractivity contribution in [1.82, 2.24) is 5.32 Å². The van der Waals surface area contributed by atoms with Gasteiger partial charge in [-0.1, -0.05) is 24.9 Å². The third-order valence-electron chi connectivity index (χ3n) is 3.36. The van der Waals surface area contributed by atoms with Crippen LogP contribution in [0.4, 0.5) is 4.39 Å². The van der Waals surface area contributed by atoms with E-state index < -0.39 is 0 Å². The smallest absolute Gasteiger partial charge is 0.125 e. The van der Waals surface area contributed by atoms with Gasteiger partial charge in [0.1, 0.15) is 5.82 Å². The summed E-state index contributed by atoms with van der Waals surface area (Å²) in [6.07, 6.45) is 3.93. The highest BCUT2D eigenvalue weighted by atomic mass is 35.5. The van der Waals surface area contributed by atoms with E-state index in [0.29, 0.717) is 17.0 Å². The molecule has 16 heavy (non-hydrogen) atoms. The predicted molar refractivity (Wildman–Crippen MR) is 65.1 cm³/mol. The normalized spacial score (nSPS) is 18.2. The Bertz CT molecular complexity index is 354. The second-order valence-corrected chi connectivity index (χ2v) is 5.48. The fourth-order valence-electron chi connectivity index (χ4n) is 2.18. The van der Waals surface area contributed by atoms with Crippen LogP contribution in [-0.4, -0.2) is 6.54 Å². The molecule has 0 unspecified atom stereocenters. The minimum absolute atomic E-state index is 0.265. The highest BCUT2D eigenvalue weighted by molar-refractivity contribution is 6.30. The van der Waals surface area contributed by atoms with Crippen LogP contribution in [-0.2, 0) is 6.54 Å². The first-order valence-electron chi connectivity index (χ1n) is 5.73. The van der Waals surface area contributed by atoms with E-state index in [1.807, 2.05) is 0 Å². The van der Waals surface area contributed by atoms with Crippen LogP contribution in [0.15, 0.2) is 18.2 Å². The van der Waals surface area contributed by atoms with Crippen molar-refractivity contribution < 1.29 is 4.39 Å². The molecule has 0 heterocycles. The Hall–Kier alpha value is -0.600. The second-order valence-electron chi connectivity index (χ2n) is 5.05. The molecule has 1 aromatic rings. The van der Waals surface area contributed by atoms with Gasteiger partial charge in [-0.2, -0.15) is 0 Å². The lowest BCUT2D eigenvalue weighted by Gasteiger charge is -2.38. The summed E-state index contributed by atoms with van der Waals surface area (Å²) in [5.74, 6) is -0.265. The highest BCUT2D eigenvalue weighted by Crippen LogP contribution is 2.39. The van der Waals surface area contributed by atoms with Crippen molar-refractivity contribution in [1.29, 1.82) is 0 Å². The molecule has 0 radical (unpaired) electrons. The lowest BCUT2D eigenvalue weighted by Crippen LogP contribution is -2.36. The van der Waals surface area contributed by atoms with Crippen molar-refractivity contribution >= 4 is 11.6 Å². The molecule has 1 N–H and O–H groups in total. The van der Waals surface area contributed by atoms with Crippen LogP contribution in [0.3, 0.4) is 0 Å².